The summed E-state index contributed by atoms with van der Waals surface area (Å²) in [6, 6.07) is 10.9. The Kier molecular flexibility index (Phi) is 4.99. The van der Waals surface area contributed by atoms with E-state index >= 15 is 0 Å². The first-order valence-electron chi connectivity index (χ1n) is 6.04. The summed E-state index contributed by atoms with van der Waals surface area (Å²) < 4.78 is 10.5. The number of hydrogen-bond donors (Lipinski definition) is 1. The molecule has 0 saturated heterocycles. The summed E-state index contributed by atoms with van der Waals surface area (Å²) in [5.74, 6) is 1.52. The number of benzene rings is 2. The summed E-state index contributed by atoms with van der Waals surface area (Å²) in [6.07, 6.45) is 0. The molecule has 1 N–H and O–H groups in total. The van der Waals surface area contributed by atoms with Crippen molar-refractivity contribution in [1.82, 2.24) is 0 Å². The molecule has 0 aromatic heterocycles. The average Bonchev–Trinajstić information content (AvgIpc) is 2.46. The first-order chi connectivity index (χ1) is 9.63. The molecule has 0 unspecified atom stereocenters. The number of halogens is 2. The molecule has 0 aliphatic heterocycles. The monoisotopic (exact) mass is 311 g/mol. The molecule has 106 valence electrons. The van der Waals surface area contributed by atoms with Gasteiger partial charge in [0.2, 0.25) is 0 Å². The standard InChI is InChI=1S/C15H15Cl2NO2/c1-19-12-4-5-13(17)14(8-12)18-9-10-7-11(16)3-6-15(10)20-2/h3-8,18H,9H2,1-2H3. The van der Waals surface area contributed by atoms with Crippen LogP contribution in [0.4, 0.5) is 5.69 Å². The maximum Gasteiger partial charge on any atom is 0.123 e. The van der Waals surface area contributed by atoms with Crippen LogP contribution in [0.15, 0.2) is 36.4 Å². The van der Waals surface area contributed by atoms with Crippen LogP contribution < -0.4 is 14.8 Å². The van der Waals surface area contributed by atoms with Gasteiger partial charge in [-0.2, -0.15) is 0 Å². The lowest BCUT2D eigenvalue weighted by atomic mass is 10.2. The molecule has 0 atom stereocenters. The SMILES string of the molecule is COc1ccc(Cl)c(NCc2cc(Cl)ccc2OC)c1. The number of methoxy groups -OCH3 is 2. The predicted molar refractivity (Wildman–Crippen MR) is 83.3 cm³/mol. The van der Waals surface area contributed by atoms with Crippen LogP contribution in [0.3, 0.4) is 0 Å². The van der Waals surface area contributed by atoms with E-state index < -0.39 is 0 Å². The molecule has 0 aliphatic rings. The van der Waals surface area contributed by atoms with Gasteiger partial charge < -0.3 is 14.8 Å². The summed E-state index contributed by atoms with van der Waals surface area (Å²) in [6.45, 7) is 0.552. The maximum atomic E-state index is 6.15. The van der Waals surface area contributed by atoms with E-state index in [1.165, 1.54) is 0 Å². The lowest BCUT2D eigenvalue weighted by molar-refractivity contribution is 0.410. The Hall–Kier alpha value is -1.58. The molecule has 0 radical (unpaired) electrons. The topological polar surface area (TPSA) is 30.5 Å². The molecule has 0 bridgehead atoms. The van der Waals surface area contributed by atoms with Gasteiger partial charge in [0.1, 0.15) is 11.5 Å². The maximum absolute atomic E-state index is 6.15. The molecular formula is C15H15Cl2NO2. The average molecular weight is 312 g/mol. The highest BCUT2D eigenvalue weighted by atomic mass is 35.5. The molecule has 0 saturated carbocycles. The van der Waals surface area contributed by atoms with E-state index in [0.717, 1.165) is 22.7 Å². The quantitative estimate of drug-likeness (QED) is 0.873. The minimum Gasteiger partial charge on any atom is -0.497 e. The largest absolute Gasteiger partial charge is 0.497 e. The van der Waals surface area contributed by atoms with Crippen molar-refractivity contribution in [2.75, 3.05) is 19.5 Å². The van der Waals surface area contributed by atoms with Crippen molar-refractivity contribution in [2.24, 2.45) is 0 Å². The van der Waals surface area contributed by atoms with E-state index in [2.05, 4.69) is 5.32 Å². The molecule has 0 amide bonds. The van der Waals surface area contributed by atoms with Crippen molar-refractivity contribution in [3.8, 4) is 11.5 Å². The van der Waals surface area contributed by atoms with E-state index in [1.54, 1.807) is 26.4 Å². The third kappa shape index (κ3) is 3.50. The van der Waals surface area contributed by atoms with Gasteiger partial charge in [0.25, 0.3) is 0 Å². The molecule has 5 heteroatoms. The minimum absolute atomic E-state index is 0.552. The third-order valence-corrected chi connectivity index (χ3v) is 3.45. The van der Waals surface area contributed by atoms with Gasteiger partial charge in [-0.05, 0) is 30.3 Å². The van der Waals surface area contributed by atoms with Gasteiger partial charge >= 0.3 is 0 Å². The Morgan fingerprint density at radius 1 is 1.00 bits per heavy atom. The number of rotatable bonds is 5. The van der Waals surface area contributed by atoms with Gasteiger partial charge in [-0.15, -0.1) is 0 Å². The Bertz CT molecular complexity index is 602. The van der Waals surface area contributed by atoms with Gasteiger partial charge in [-0.1, -0.05) is 23.2 Å². The van der Waals surface area contributed by atoms with Gasteiger partial charge in [0.15, 0.2) is 0 Å². The second-order valence-electron chi connectivity index (χ2n) is 4.16. The van der Waals surface area contributed by atoms with Crippen LogP contribution in [-0.4, -0.2) is 14.2 Å². The van der Waals surface area contributed by atoms with E-state index in [4.69, 9.17) is 32.7 Å². The zero-order valence-corrected chi connectivity index (χ0v) is 12.8. The fourth-order valence-corrected chi connectivity index (χ4v) is 2.22. The van der Waals surface area contributed by atoms with Crippen LogP contribution in [0.25, 0.3) is 0 Å². The van der Waals surface area contributed by atoms with E-state index in [9.17, 15) is 0 Å². The van der Waals surface area contributed by atoms with Gasteiger partial charge in [0, 0.05) is 23.2 Å². The van der Waals surface area contributed by atoms with Crippen molar-refractivity contribution in [3.63, 3.8) is 0 Å². The fraction of sp³-hybridized carbons (Fsp3) is 0.200. The molecule has 20 heavy (non-hydrogen) atoms. The van der Waals surface area contributed by atoms with E-state index in [1.807, 2.05) is 24.3 Å². The number of ether oxygens (including phenoxy) is 2. The molecule has 0 fully saturated rings. The first-order valence-corrected chi connectivity index (χ1v) is 6.79. The Morgan fingerprint density at radius 3 is 2.50 bits per heavy atom. The van der Waals surface area contributed by atoms with Crippen LogP contribution in [0.5, 0.6) is 11.5 Å². The zero-order valence-electron chi connectivity index (χ0n) is 11.2. The van der Waals surface area contributed by atoms with Crippen molar-refractivity contribution >= 4 is 28.9 Å². The van der Waals surface area contributed by atoms with Crippen LogP contribution in [-0.2, 0) is 6.54 Å². The highest BCUT2D eigenvalue weighted by molar-refractivity contribution is 6.33. The predicted octanol–water partition coefficient (Wildman–Crippen LogP) is 4.62. The second kappa shape index (κ2) is 6.73. The van der Waals surface area contributed by atoms with Gasteiger partial charge in [-0.25, -0.2) is 0 Å². The van der Waals surface area contributed by atoms with Gasteiger partial charge in [-0.3, -0.25) is 0 Å². The summed E-state index contributed by atoms with van der Waals surface area (Å²) in [5, 5.41) is 4.55. The summed E-state index contributed by atoms with van der Waals surface area (Å²) in [5.41, 5.74) is 1.76. The highest BCUT2D eigenvalue weighted by Gasteiger charge is 2.06. The minimum atomic E-state index is 0.552. The zero-order chi connectivity index (χ0) is 14.5. The van der Waals surface area contributed by atoms with Crippen molar-refractivity contribution in [3.05, 3.63) is 52.0 Å². The molecule has 0 spiro atoms. The molecule has 2 aromatic rings. The summed E-state index contributed by atoms with van der Waals surface area (Å²) in [7, 11) is 3.25. The Morgan fingerprint density at radius 2 is 1.80 bits per heavy atom. The smallest absolute Gasteiger partial charge is 0.123 e. The molecular weight excluding hydrogens is 297 g/mol. The third-order valence-electron chi connectivity index (χ3n) is 2.89. The van der Waals surface area contributed by atoms with Gasteiger partial charge in [0.05, 0.1) is 24.9 Å². The molecule has 0 heterocycles. The Labute approximate surface area is 128 Å². The second-order valence-corrected chi connectivity index (χ2v) is 5.00. The number of nitrogens with one attached hydrogen (secondary N) is 1. The van der Waals surface area contributed by atoms with Crippen LogP contribution in [0.2, 0.25) is 10.0 Å². The lowest BCUT2D eigenvalue weighted by Gasteiger charge is -2.13. The molecule has 3 nitrogen and oxygen atoms in total. The summed E-state index contributed by atoms with van der Waals surface area (Å²) >= 11 is 12.2. The summed E-state index contributed by atoms with van der Waals surface area (Å²) in [4.78, 5) is 0. The van der Waals surface area contributed by atoms with Crippen molar-refractivity contribution < 1.29 is 9.47 Å². The Balaban J connectivity index is 2.18. The van der Waals surface area contributed by atoms with E-state index in [0.29, 0.717) is 16.6 Å². The normalized spacial score (nSPS) is 10.2. The lowest BCUT2D eigenvalue weighted by Crippen LogP contribution is -2.02. The molecule has 2 aromatic carbocycles. The number of hydrogen-bond acceptors (Lipinski definition) is 3. The van der Waals surface area contributed by atoms with Crippen LogP contribution in [0.1, 0.15) is 5.56 Å². The van der Waals surface area contributed by atoms with Crippen LogP contribution >= 0.6 is 23.2 Å². The first kappa shape index (κ1) is 14.8. The fourth-order valence-electron chi connectivity index (χ4n) is 1.84. The highest BCUT2D eigenvalue weighted by Crippen LogP contribution is 2.29. The molecule has 2 rings (SSSR count). The van der Waals surface area contributed by atoms with Crippen molar-refractivity contribution in [1.29, 1.82) is 0 Å². The molecule has 0 aliphatic carbocycles. The van der Waals surface area contributed by atoms with Crippen molar-refractivity contribution in [2.45, 2.75) is 6.54 Å². The number of anilines is 1. The van der Waals surface area contributed by atoms with Crippen LogP contribution in [0, 0.1) is 0 Å². The van der Waals surface area contributed by atoms with E-state index in [-0.39, 0.29) is 0 Å².